The van der Waals surface area contributed by atoms with E-state index in [-0.39, 0.29) is 24.0 Å². The van der Waals surface area contributed by atoms with Crippen molar-refractivity contribution in [3.8, 4) is 0 Å². The minimum atomic E-state index is -0.453. The molecule has 156 valence electrons. The van der Waals surface area contributed by atoms with Gasteiger partial charge in [0.05, 0.1) is 5.92 Å². The van der Waals surface area contributed by atoms with Crippen molar-refractivity contribution in [2.24, 2.45) is 11.8 Å². The molecule has 1 saturated carbocycles. The predicted molar refractivity (Wildman–Crippen MR) is 105 cm³/mol. The van der Waals surface area contributed by atoms with Gasteiger partial charge in [0.15, 0.2) is 0 Å². The maximum Gasteiger partial charge on any atom is 0.407 e. The molecule has 1 heterocycles. The second-order valence-corrected chi connectivity index (χ2v) is 9.24. The fourth-order valence-electron chi connectivity index (χ4n) is 3.94. The van der Waals surface area contributed by atoms with E-state index < -0.39 is 11.2 Å². The van der Waals surface area contributed by atoms with Crippen LogP contribution in [0.3, 0.4) is 0 Å². The van der Waals surface area contributed by atoms with Crippen molar-refractivity contribution in [1.82, 2.24) is 10.6 Å². The Bertz CT molecular complexity index is 504. The summed E-state index contributed by atoms with van der Waals surface area (Å²) >= 11 is 0. The maximum atomic E-state index is 12.7. The molecule has 0 aromatic carbocycles. The molecule has 0 bridgehead atoms. The molecule has 0 aromatic heterocycles. The Morgan fingerprint density at radius 2 is 1.56 bits per heavy atom. The lowest BCUT2D eigenvalue weighted by molar-refractivity contribution is -0.169. The first kappa shape index (κ1) is 22.0. The van der Waals surface area contributed by atoms with Crippen LogP contribution in [0.2, 0.25) is 0 Å². The van der Waals surface area contributed by atoms with Gasteiger partial charge in [0, 0.05) is 12.0 Å². The van der Waals surface area contributed by atoms with E-state index in [4.69, 9.17) is 9.47 Å². The van der Waals surface area contributed by atoms with Crippen LogP contribution in [0.25, 0.3) is 0 Å². The van der Waals surface area contributed by atoms with Gasteiger partial charge in [-0.3, -0.25) is 4.79 Å². The topological polar surface area (TPSA) is 76.7 Å². The Morgan fingerprint density at radius 1 is 0.963 bits per heavy atom. The molecule has 0 unspecified atom stereocenters. The highest BCUT2D eigenvalue weighted by molar-refractivity contribution is 5.73. The van der Waals surface area contributed by atoms with Crippen LogP contribution in [0, 0.1) is 11.8 Å². The zero-order chi connectivity index (χ0) is 20.1. The Hall–Kier alpha value is -1.30. The first-order valence-corrected chi connectivity index (χ1v) is 10.6. The van der Waals surface area contributed by atoms with Crippen molar-refractivity contribution in [1.29, 1.82) is 0 Å². The summed E-state index contributed by atoms with van der Waals surface area (Å²) in [7, 11) is 0. The lowest BCUT2D eigenvalue weighted by Crippen LogP contribution is -2.45. The van der Waals surface area contributed by atoms with E-state index >= 15 is 0 Å². The number of rotatable bonds is 6. The molecule has 6 heteroatoms. The summed E-state index contributed by atoms with van der Waals surface area (Å²) in [5.74, 6) is 0.274. The monoisotopic (exact) mass is 382 g/mol. The van der Waals surface area contributed by atoms with E-state index in [2.05, 4.69) is 10.6 Å². The molecule has 6 nitrogen and oxygen atoms in total. The third-order valence-electron chi connectivity index (χ3n) is 6.29. The molecule has 0 atom stereocenters. The third-order valence-corrected chi connectivity index (χ3v) is 6.29. The molecule has 27 heavy (non-hydrogen) atoms. The van der Waals surface area contributed by atoms with E-state index in [0.29, 0.717) is 5.92 Å². The van der Waals surface area contributed by atoms with E-state index in [1.165, 1.54) is 0 Å². The Labute approximate surface area is 164 Å². The van der Waals surface area contributed by atoms with E-state index in [0.717, 1.165) is 58.0 Å². The molecule has 2 aliphatic rings. The summed E-state index contributed by atoms with van der Waals surface area (Å²) in [6.45, 7) is 11.9. The number of carbonyl (C=O) groups excluding carboxylic acids is 2. The van der Waals surface area contributed by atoms with Gasteiger partial charge in [-0.05, 0) is 85.7 Å². The van der Waals surface area contributed by atoms with E-state index in [1.54, 1.807) is 0 Å². The quantitative estimate of drug-likeness (QED) is 0.684. The van der Waals surface area contributed by atoms with Crippen LogP contribution in [0.1, 0.15) is 79.6 Å². The first-order valence-electron chi connectivity index (χ1n) is 10.6. The normalized spacial score (nSPS) is 24.9. The molecule has 0 spiro atoms. The average molecular weight is 383 g/mol. The Morgan fingerprint density at radius 3 is 2.11 bits per heavy atom. The Balaban J connectivity index is 1.76. The summed E-state index contributed by atoms with van der Waals surface area (Å²) in [5.41, 5.74) is -0.866. The summed E-state index contributed by atoms with van der Waals surface area (Å²) < 4.78 is 11.4. The standard InChI is InChI=1S/C21H38N2O4/c1-6-20(2,3)27-19(25)23-17-9-7-15(8-10-17)18(24)26-21(4,5)16-11-13-22-14-12-16/h15-17,22H,6-14H2,1-5H3,(H,23,25). The zero-order valence-corrected chi connectivity index (χ0v) is 17.7. The molecule has 1 aliphatic carbocycles. The number of esters is 1. The van der Waals surface area contributed by atoms with Crippen LogP contribution < -0.4 is 10.6 Å². The highest BCUT2D eigenvalue weighted by Gasteiger charge is 2.37. The number of piperidine rings is 1. The van der Waals surface area contributed by atoms with Crippen molar-refractivity contribution in [2.75, 3.05) is 13.1 Å². The van der Waals surface area contributed by atoms with Crippen molar-refractivity contribution in [3.05, 3.63) is 0 Å². The molecule has 1 amide bonds. The lowest BCUT2D eigenvalue weighted by atomic mass is 9.82. The molecular formula is C21H38N2O4. The molecule has 2 fully saturated rings. The SMILES string of the molecule is CCC(C)(C)OC(=O)NC1CCC(C(=O)OC(C)(C)C2CCNCC2)CC1. The molecule has 0 radical (unpaired) electrons. The van der Waals surface area contributed by atoms with Gasteiger partial charge in [-0.2, -0.15) is 0 Å². The lowest BCUT2D eigenvalue weighted by Gasteiger charge is -2.38. The van der Waals surface area contributed by atoms with Crippen LogP contribution in [0.5, 0.6) is 0 Å². The van der Waals surface area contributed by atoms with Crippen molar-refractivity contribution in [2.45, 2.75) is 96.8 Å². The number of ether oxygens (including phenoxy) is 2. The largest absolute Gasteiger partial charge is 0.459 e. The fraction of sp³-hybridized carbons (Fsp3) is 0.905. The summed E-state index contributed by atoms with van der Waals surface area (Å²) in [6.07, 6.45) is 5.59. The molecule has 0 aromatic rings. The van der Waals surface area contributed by atoms with Gasteiger partial charge in [0.2, 0.25) is 0 Å². The molecule has 2 N–H and O–H groups in total. The zero-order valence-electron chi connectivity index (χ0n) is 17.7. The number of alkyl carbamates (subject to hydrolysis) is 1. The van der Waals surface area contributed by atoms with Gasteiger partial charge in [-0.15, -0.1) is 0 Å². The van der Waals surface area contributed by atoms with Crippen molar-refractivity contribution >= 4 is 12.1 Å². The van der Waals surface area contributed by atoms with Crippen LogP contribution in [-0.4, -0.2) is 42.4 Å². The number of hydrogen-bond acceptors (Lipinski definition) is 5. The van der Waals surface area contributed by atoms with Crippen LogP contribution >= 0.6 is 0 Å². The second-order valence-electron chi connectivity index (χ2n) is 9.24. The summed E-state index contributed by atoms with van der Waals surface area (Å²) in [6, 6.07) is 0.0756. The maximum absolute atomic E-state index is 12.7. The second kappa shape index (κ2) is 9.26. The summed E-state index contributed by atoms with van der Waals surface area (Å²) in [5, 5.41) is 6.30. The van der Waals surface area contributed by atoms with Gasteiger partial charge in [-0.25, -0.2) is 4.79 Å². The predicted octanol–water partition coefficient (Wildman–Crippen LogP) is 3.78. The fourth-order valence-corrected chi connectivity index (χ4v) is 3.94. The molecule has 1 saturated heterocycles. The van der Waals surface area contributed by atoms with Crippen molar-refractivity contribution in [3.63, 3.8) is 0 Å². The number of amides is 1. The smallest absolute Gasteiger partial charge is 0.407 e. The van der Waals surface area contributed by atoms with Gasteiger partial charge in [-0.1, -0.05) is 6.92 Å². The van der Waals surface area contributed by atoms with Gasteiger partial charge in [0.1, 0.15) is 11.2 Å². The average Bonchev–Trinajstić information content (AvgIpc) is 2.62. The number of hydrogen-bond donors (Lipinski definition) is 2. The third kappa shape index (κ3) is 6.66. The number of nitrogens with one attached hydrogen (secondary N) is 2. The van der Waals surface area contributed by atoms with Crippen LogP contribution in [-0.2, 0) is 14.3 Å². The van der Waals surface area contributed by atoms with E-state index in [1.807, 2.05) is 34.6 Å². The van der Waals surface area contributed by atoms with Gasteiger partial charge in [0.25, 0.3) is 0 Å². The summed E-state index contributed by atoms with van der Waals surface area (Å²) in [4.78, 5) is 24.7. The first-order chi connectivity index (χ1) is 12.6. The molecule has 2 rings (SSSR count). The van der Waals surface area contributed by atoms with Crippen LogP contribution in [0.4, 0.5) is 4.79 Å². The Kier molecular flexibility index (Phi) is 7.55. The number of carbonyl (C=O) groups is 2. The molecule has 1 aliphatic heterocycles. The minimum absolute atomic E-state index is 0.0628. The minimum Gasteiger partial charge on any atom is -0.459 e. The van der Waals surface area contributed by atoms with Crippen LogP contribution in [0.15, 0.2) is 0 Å². The van der Waals surface area contributed by atoms with Gasteiger partial charge < -0.3 is 20.1 Å². The molecular weight excluding hydrogens is 344 g/mol. The van der Waals surface area contributed by atoms with E-state index in [9.17, 15) is 9.59 Å². The van der Waals surface area contributed by atoms with Crippen molar-refractivity contribution < 1.29 is 19.1 Å². The van der Waals surface area contributed by atoms with Gasteiger partial charge >= 0.3 is 12.1 Å². The highest BCUT2D eigenvalue weighted by atomic mass is 16.6. The highest BCUT2D eigenvalue weighted by Crippen LogP contribution is 2.32.